The molecule has 0 unspecified atom stereocenters. The second kappa shape index (κ2) is 15.8. The molecule has 0 saturated carbocycles. The smallest absolute Gasteiger partial charge is 0.234 e. The molecule has 0 radical (unpaired) electrons. The number of aromatic nitrogens is 2. The molecular formula is C27H43Cl2N2+. The maximum Gasteiger partial charge on any atom is 0.253 e. The highest BCUT2D eigenvalue weighted by atomic mass is 35.5. The average molecular weight is 467 g/mol. The molecule has 2 nitrogen and oxygen atoms in total. The van der Waals surface area contributed by atoms with Gasteiger partial charge in [0.25, 0.3) is 5.82 Å². The Bertz CT molecular complexity index is 739. The van der Waals surface area contributed by atoms with Crippen molar-refractivity contribution in [3.05, 3.63) is 52.0 Å². The molecule has 0 aliphatic rings. The Hall–Kier alpha value is -0.990. The molecule has 174 valence electrons. The number of halogens is 2. The molecule has 1 aromatic heterocycles. The SMILES string of the molecule is CCCCCCCCCCCCCCCCn1cc[n+](Cc2cc(Cl)ccc2Cl)c1C. The summed E-state index contributed by atoms with van der Waals surface area (Å²) >= 11 is 12.5. The first kappa shape index (κ1) is 26.3. The minimum absolute atomic E-state index is 0.736. The van der Waals surface area contributed by atoms with Crippen molar-refractivity contribution in [3.63, 3.8) is 0 Å². The van der Waals surface area contributed by atoms with Crippen molar-refractivity contribution in [1.82, 2.24) is 4.57 Å². The van der Waals surface area contributed by atoms with E-state index in [0.717, 1.165) is 28.7 Å². The Kier molecular flexibility index (Phi) is 13.3. The number of hydrogen-bond acceptors (Lipinski definition) is 0. The van der Waals surface area contributed by atoms with E-state index in [1.807, 2.05) is 18.2 Å². The lowest BCUT2D eigenvalue weighted by Crippen LogP contribution is -2.36. The van der Waals surface area contributed by atoms with E-state index in [1.54, 1.807) is 0 Å². The minimum Gasteiger partial charge on any atom is -0.234 e. The van der Waals surface area contributed by atoms with Crippen molar-refractivity contribution in [2.24, 2.45) is 0 Å². The van der Waals surface area contributed by atoms with E-state index in [-0.39, 0.29) is 0 Å². The van der Waals surface area contributed by atoms with Gasteiger partial charge in [-0.15, -0.1) is 0 Å². The topological polar surface area (TPSA) is 8.81 Å². The van der Waals surface area contributed by atoms with E-state index >= 15 is 0 Å². The van der Waals surface area contributed by atoms with Gasteiger partial charge >= 0.3 is 0 Å². The van der Waals surface area contributed by atoms with Crippen LogP contribution in [0.3, 0.4) is 0 Å². The van der Waals surface area contributed by atoms with Gasteiger partial charge < -0.3 is 0 Å². The zero-order valence-corrected chi connectivity index (χ0v) is 21.4. The third kappa shape index (κ3) is 10.4. The van der Waals surface area contributed by atoms with Gasteiger partial charge in [0.1, 0.15) is 18.9 Å². The van der Waals surface area contributed by atoms with Crippen molar-refractivity contribution < 1.29 is 4.57 Å². The van der Waals surface area contributed by atoms with Crippen molar-refractivity contribution in [1.29, 1.82) is 0 Å². The number of unbranched alkanes of at least 4 members (excludes halogenated alkanes) is 13. The van der Waals surface area contributed by atoms with E-state index in [4.69, 9.17) is 23.2 Å². The first-order chi connectivity index (χ1) is 15.1. The predicted molar refractivity (Wildman–Crippen MR) is 135 cm³/mol. The van der Waals surface area contributed by atoms with Gasteiger partial charge in [0.15, 0.2) is 0 Å². The van der Waals surface area contributed by atoms with Crippen molar-refractivity contribution >= 4 is 23.2 Å². The highest BCUT2D eigenvalue weighted by Crippen LogP contribution is 2.20. The quantitative estimate of drug-likeness (QED) is 0.163. The molecule has 0 saturated heterocycles. The van der Waals surface area contributed by atoms with E-state index < -0.39 is 0 Å². The van der Waals surface area contributed by atoms with Gasteiger partial charge in [-0.05, 0) is 31.0 Å². The fourth-order valence-corrected chi connectivity index (χ4v) is 4.64. The third-order valence-corrected chi connectivity index (χ3v) is 6.96. The van der Waals surface area contributed by atoms with Crippen molar-refractivity contribution in [2.75, 3.05) is 0 Å². The minimum atomic E-state index is 0.736. The number of aryl methyl sites for hydroxylation is 1. The van der Waals surface area contributed by atoms with Gasteiger partial charge in [-0.2, -0.15) is 0 Å². The molecule has 2 aromatic rings. The van der Waals surface area contributed by atoms with Crippen LogP contribution in [-0.2, 0) is 13.1 Å². The van der Waals surface area contributed by atoms with Crippen LogP contribution in [0.2, 0.25) is 10.0 Å². The summed E-state index contributed by atoms with van der Waals surface area (Å²) < 4.78 is 4.61. The fourth-order valence-electron chi connectivity index (χ4n) is 4.27. The lowest BCUT2D eigenvalue weighted by molar-refractivity contribution is -0.694. The van der Waals surface area contributed by atoms with E-state index in [2.05, 4.69) is 35.4 Å². The van der Waals surface area contributed by atoms with Gasteiger partial charge in [0.2, 0.25) is 0 Å². The van der Waals surface area contributed by atoms with Gasteiger partial charge in [-0.3, -0.25) is 0 Å². The van der Waals surface area contributed by atoms with Gasteiger partial charge in [0, 0.05) is 22.5 Å². The van der Waals surface area contributed by atoms with Gasteiger partial charge in [-0.25, -0.2) is 9.13 Å². The Labute approximate surface area is 201 Å². The molecule has 1 heterocycles. The van der Waals surface area contributed by atoms with Crippen LogP contribution in [0, 0.1) is 6.92 Å². The maximum absolute atomic E-state index is 6.33. The summed E-state index contributed by atoms with van der Waals surface area (Å²) in [6.07, 6.45) is 24.0. The molecular weight excluding hydrogens is 423 g/mol. The maximum atomic E-state index is 6.33. The number of rotatable bonds is 17. The summed E-state index contributed by atoms with van der Waals surface area (Å²) in [6, 6.07) is 5.67. The largest absolute Gasteiger partial charge is 0.253 e. The van der Waals surface area contributed by atoms with Crippen LogP contribution >= 0.6 is 23.2 Å². The number of benzene rings is 1. The van der Waals surface area contributed by atoms with E-state index in [9.17, 15) is 0 Å². The highest BCUT2D eigenvalue weighted by Gasteiger charge is 2.14. The van der Waals surface area contributed by atoms with Gasteiger partial charge in [-0.1, -0.05) is 107 Å². The highest BCUT2D eigenvalue weighted by molar-refractivity contribution is 6.33. The third-order valence-electron chi connectivity index (χ3n) is 6.36. The van der Waals surface area contributed by atoms with Crippen LogP contribution < -0.4 is 4.57 Å². The first-order valence-corrected chi connectivity index (χ1v) is 13.4. The summed E-state index contributed by atoms with van der Waals surface area (Å²) in [5, 5.41) is 1.51. The van der Waals surface area contributed by atoms with Crippen LogP contribution in [0.25, 0.3) is 0 Å². The molecule has 0 fully saturated rings. The molecule has 2 rings (SSSR count). The summed E-state index contributed by atoms with van der Waals surface area (Å²) in [7, 11) is 0. The second-order valence-electron chi connectivity index (χ2n) is 9.00. The standard InChI is InChI=1S/C27H43Cl2N2/c1-3-4-5-6-7-8-9-10-11-12-13-14-15-16-19-30-20-21-31(24(30)2)23-25-22-26(28)17-18-27(25)29/h17-18,20-22H,3-16,19,23H2,1-2H3/q+1. The van der Waals surface area contributed by atoms with Crippen LogP contribution in [0.1, 0.15) is 108 Å². The summed E-state index contributed by atoms with van der Waals surface area (Å²) in [5.41, 5.74) is 1.07. The molecule has 0 amide bonds. The molecule has 0 bridgehead atoms. The van der Waals surface area contributed by atoms with Crippen LogP contribution in [0.4, 0.5) is 0 Å². The molecule has 0 N–H and O–H groups in total. The molecule has 0 aliphatic heterocycles. The van der Waals surface area contributed by atoms with Crippen molar-refractivity contribution in [3.8, 4) is 0 Å². The monoisotopic (exact) mass is 465 g/mol. The molecule has 1 aromatic carbocycles. The number of hydrogen-bond donors (Lipinski definition) is 0. The summed E-state index contributed by atoms with van der Waals surface area (Å²) in [4.78, 5) is 0. The molecule has 0 aliphatic carbocycles. The zero-order valence-electron chi connectivity index (χ0n) is 19.9. The van der Waals surface area contributed by atoms with E-state index in [0.29, 0.717) is 0 Å². The average Bonchev–Trinajstić information content (AvgIpc) is 3.10. The Morgan fingerprint density at radius 2 is 1.32 bits per heavy atom. The predicted octanol–water partition coefficient (Wildman–Crippen LogP) is 8.92. The molecule has 0 atom stereocenters. The normalized spacial score (nSPS) is 11.4. The lowest BCUT2D eigenvalue weighted by atomic mass is 10.0. The second-order valence-corrected chi connectivity index (χ2v) is 9.84. The summed E-state index contributed by atoms with van der Waals surface area (Å²) in [6.45, 7) is 6.33. The molecule has 0 spiro atoms. The Balaban J connectivity index is 1.52. The van der Waals surface area contributed by atoms with Crippen LogP contribution in [0.15, 0.2) is 30.6 Å². The number of imidazole rings is 1. The fraction of sp³-hybridized carbons (Fsp3) is 0.667. The summed E-state index contributed by atoms with van der Waals surface area (Å²) in [5.74, 6) is 1.27. The van der Waals surface area contributed by atoms with E-state index in [1.165, 1.54) is 95.7 Å². The van der Waals surface area contributed by atoms with Crippen LogP contribution in [-0.4, -0.2) is 4.57 Å². The Morgan fingerprint density at radius 1 is 0.774 bits per heavy atom. The lowest BCUT2D eigenvalue weighted by Gasteiger charge is -2.05. The van der Waals surface area contributed by atoms with Crippen LogP contribution in [0.5, 0.6) is 0 Å². The van der Waals surface area contributed by atoms with Gasteiger partial charge in [0.05, 0.1) is 6.54 Å². The number of nitrogens with zero attached hydrogens (tertiary/aromatic N) is 2. The first-order valence-electron chi connectivity index (χ1n) is 12.6. The Morgan fingerprint density at radius 3 is 1.90 bits per heavy atom. The zero-order chi connectivity index (χ0) is 22.3. The molecule has 31 heavy (non-hydrogen) atoms. The molecule has 4 heteroatoms. The van der Waals surface area contributed by atoms with Crippen molar-refractivity contribution in [2.45, 2.75) is 117 Å².